The molecule has 0 spiro atoms. The number of aryl methyl sites for hydroxylation is 3. The highest BCUT2D eigenvalue weighted by atomic mass is 15.1. The SMILES string of the molecule is Cc1cc(C)c(C(C2CNC2)N(C)C)cc1C. The fraction of sp³-hybridized carbons (Fsp3) is 0.600. The molecule has 1 aliphatic rings. The van der Waals surface area contributed by atoms with Gasteiger partial charge in [0.25, 0.3) is 0 Å². The maximum atomic E-state index is 3.39. The summed E-state index contributed by atoms with van der Waals surface area (Å²) in [6.45, 7) is 8.94. The van der Waals surface area contributed by atoms with Gasteiger partial charge in [0.15, 0.2) is 0 Å². The molecule has 1 atom stereocenters. The molecule has 0 amide bonds. The van der Waals surface area contributed by atoms with Gasteiger partial charge in [-0.15, -0.1) is 0 Å². The standard InChI is InChI=1S/C15H24N2/c1-10-6-12(3)14(7-11(10)2)15(17(4)5)13-8-16-9-13/h6-7,13,15-16H,8-9H2,1-5H3. The van der Waals surface area contributed by atoms with Crippen molar-refractivity contribution >= 4 is 0 Å². The van der Waals surface area contributed by atoms with E-state index >= 15 is 0 Å². The zero-order chi connectivity index (χ0) is 12.6. The van der Waals surface area contributed by atoms with Crippen LogP contribution in [0.3, 0.4) is 0 Å². The zero-order valence-electron chi connectivity index (χ0n) is 11.7. The first-order valence-corrected chi connectivity index (χ1v) is 6.45. The summed E-state index contributed by atoms with van der Waals surface area (Å²) in [5.74, 6) is 0.755. The molecule has 94 valence electrons. The lowest BCUT2D eigenvalue weighted by molar-refractivity contribution is 0.160. The molecule has 0 bridgehead atoms. The van der Waals surface area contributed by atoms with Crippen LogP contribution >= 0.6 is 0 Å². The van der Waals surface area contributed by atoms with Gasteiger partial charge in [0.05, 0.1) is 0 Å². The summed E-state index contributed by atoms with van der Waals surface area (Å²) < 4.78 is 0. The van der Waals surface area contributed by atoms with Gasteiger partial charge in [-0.2, -0.15) is 0 Å². The summed E-state index contributed by atoms with van der Waals surface area (Å²) in [6.07, 6.45) is 0. The monoisotopic (exact) mass is 232 g/mol. The summed E-state index contributed by atoms with van der Waals surface area (Å²) in [4.78, 5) is 2.36. The number of nitrogens with zero attached hydrogens (tertiary/aromatic N) is 1. The van der Waals surface area contributed by atoms with Gasteiger partial charge in [-0.3, -0.25) is 0 Å². The fourth-order valence-electron chi connectivity index (χ4n) is 2.79. The molecule has 1 aliphatic heterocycles. The van der Waals surface area contributed by atoms with E-state index in [1.54, 1.807) is 0 Å². The average molecular weight is 232 g/mol. The van der Waals surface area contributed by atoms with Crippen LogP contribution in [0, 0.1) is 26.7 Å². The Hall–Kier alpha value is -0.860. The molecule has 1 heterocycles. The van der Waals surface area contributed by atoms with E-state index in [0.717, 1.165) is 19.0 Å². The van der Waals surface area contributed by atoms with E-state index in [0.29, 0.717) is 6.04 Å². The molecule has 1 saturated heterocycles. The summed E-state index contributed by atoms with van der Waals surface area (Å²) in [7, 11) is 4.38. The molecule has 1 aromatic carbocycles. The van der Waals surface area contributed by atoms with E-state index in [9.17, 15) is 0 Å². The normalized spacial score (nSPS) is 18.2. The smallest absolute Gasteiger partial charge is 0.0397 e. The third-order valence-corrected chi connectivity index (χ3v) is 4.02. The first-order chi connectivity index (χ1) is 8.00. The summed E-state index contributed by atoms with van der Waals surface area (Å²) >= 11 is 0. The van der Waals surface area contributed by atoms with Crippen molar-refractivity contribution in [1.29, 1.82) is 0 Å². The van der Waals surface area contributed by atoms with Gasteiger partial charge in [-0.05, 0) is 57.1 Å². The molecule has 0 saturated carbocycles. The predicted octanol–water partition coefficient (Wildman–Crippen LogP) is 2.43. The largest absolute Gasteiger partial charge is 0.316 e. The van der Waals surface area contributed by atoms with Crippen LogP contribution in [0.15, 0.2) is 12.1 Å². The third-order valence-electron chi connectivity index (χ3n) is 4.02. The highest BCUT2D eigenvalue weighted by molar-refractivity contribution is 5.38. The van der Waals surface area contributed by atoms with Gasteiger partial charge in [0.1, 0.15) is 0 Å². The van der Waals surface area contributed by atoms with Crippen LogP contribution in [0.2, 0.25) is 0 Å². The van der Waals surface area contributed by atoms with Crippen molar-refractivity contribution in [3.05, 3.63) is 34.4 Å². The van der Waals surface area contributed by atoms with Gasteiger partial charge in [0.2, 0.25) is 0 Å². The van der Waals surface area contributed by atoms with Gasteiger partial charge in [-0.25, -0.2) is 0 Å². The van der Waals surface area contributed by atoms with Crippen molar-refractivity contribution in [3.63, 3.8) is 0 Å². The fourth-order valence-corrected chi connectivity index (χ4v) is 2.79. The molecule has 1 fully saturated rings. The minimum absolute atomic E-state index is 0.551. The van der Waals surface area contributed by atoms with E-state index in [1.165, 1.54) is 22.3 Å². The summed E-state index contributed by atoms with van der Waals surface area (Å²) in [6, 6.07) is 5.26. The molecular formula is C15H24N2. The number of hydrogen-bond donors (Lipinski definition) is 1. The Kier molecular flexibility index (Phi) is 3.55. The van der Waals surface area contributed by atoms with E-state index < -0.39 is 0 Å². The Bertz CT molecular complexity index is 406. The van der Waals surface area contributed by atoms with E-state index in [1.807, 2.05) is 0 Å². The minimum atomic E-state index is 0.551. The van der Waals surface area contributed by atoms with Crippen molar-refractivity contribution in [1.82, 2.24) is 10.2 Å². The molecule has 1 unspecified atom stereocenters. The van der Waals surface area contributed by atoms with Crippen LogP contribution in [-0.2, 0) is 0 Å². The lowest BCUT2D eigenvalue weighted by Crippen LogP contribution is -2.48. The molecule has 0 radical (unpaired) electrons. The topological polar surface area (TPSA) is 15.3 Å². The van der Waals surface area contributed by atoms with Crippen LogP contribution in [0.1, 0.15) is 28.3 Å². The molecule has 17 heavy (non-hydrogen) atoms. The summed E-state index contributed by atoms with van der Waals surface area (Å²) in [5, 5.41) is 3.39. The zero-order valence-corrected chi connectivity index (χ0v) is 11.7. The molecular weight excluding hydrogens is 208 g/mol. The lowest BCUT2D eigenvalue weighted by Gasteiger charge is -2.39. The van der Waals surface area contributed by atoms with Crippen LogP contribution in [0.4, 0.5) is 0 Å². The van der Waals surface area contributed by atoms with E-state index in [-0.39, 0.29) is 0 Å². The van der Waals surface area contributed by atoms with E-state index in [2.05, 4.69) is 57.2 Å². The average Bonchev–Trinajstić information content (AvgIpc) is 2.17. The number of hydrogen-bond acceptors (Lipinski definition) is 2. The van der Waals surface area contributed by atoms with Crippen molar-refractivity contribution in [2.45, 2.75) is 26.8 Å². The van der Waals surface area contributed by atoms with Crippen molar-refractivity contribution in [3.8, 4) is 0 Å². The van der Waals surface area contributed by atoms with E-state index in [4.69, 9.17) is 0 Å². The first kappa shape index (κ1) is 12.6. The summed E-state index contributed by atoms with van der Waals surface area (Å²) in [5.41, 5.74) is 5.74. The number of rotatable bonds is 3. The molecule has 1 N–H and O–H groups in total. The number of nitrogens with one attached hydrogen (secondary N) is 1. The van der Waals surface area contributed by atoms with Crippen LogP contribution < -0.4 is 5.32 Å². The van der Waals surface area contributed by atoms with Gasteiger partial charge < -0.3 is 10.2 Å². The molecule has 0 aromatic heterocycles. The second kappa shape index (κ2) is 4.79. The van der Waals surface area contributed by atoms with Crippen molar-refractivity contribution < 1.29 is 0 Å². The Balaban J connectivity index is 2.38. The van der Waals surface area contributed by atoms with Gasteiger partial charge in [0, 0.05) is 25.0 Å². The molecule has 2 nitrogen and oxygen atoms in total. The van der Waals surface area contributed by atoms with Gasteiger partial charge >= 0.3 is 0 Å². The Labute approximate surface area is 105 Å². The van der Waals surface area contributed by atoms with Crippen molar-refractivity contribution in [2.24, 2.45) is 5.92 Å². The maximum Gasteiger partial charge on any atom is 0.0397 e. The highest BCUT2D eigenvalue weighted by Gasteiger charge is 2.30. The quantitative estimate of drug-likeness (QED) is 0.861. The minimum Gasteiger partial charge on any atom is -0.316 e. The molecule has 2 rings (SSSR count). The maximum absolute atomic E-state index is 3.39. The first-order valence-electron chi connectivity index (χ1n) is 6.45. The van der Waals surface area contributed by atoms with Crippen molar-refractivity contribution in [2.75, 3.05) is 27.2 Å². The van der Waals surface area contributed by atoms with Crippen LogP contribution in [0.5, 0.6) is 0 Å². The predicted molar refractivity (Wildman–Crippen MR) is 73.4 cm³/mol. The van der Waals surface area contributed by atoms with Crippen LogP contribution in [-0.4, -0.2) is 32.1 Å². The second-order valence-corrected chi connectivity index (χ2v) is 5.62. The molecule has 1 aromatic rings. The van der Waals surface area contributed by atoms with Gasteiger partial charge in [-0.1, -0.05) is 12.1 Å². The lowest BCUT2D eigenvalue weighted by atomic mass is 9.84. The molecule has 2 heteroatoms. The highest BCUT2D eigenvalue weighted by Crippen LogP contribution is 2.32. The second-order valence-electron chi connectivity index (χ2n) is 5.62. The third kappa shape index (κ3) is 2.38. The molecule has 0 aliphatic carbocycles. The number of benzene rings is 1. The Morgan fingerprint density at radius 1 is 1.06 bits per heavy atom. The Morgan fingerprint density at radius 3 is 2.12 bits per heavy atom. The Morgan fingerprint density at radius 2 is 1.65 bits per heavy atom. The van der Waals surface area contributed by atoms with Crippen LogP contribution in [0.25, 0.3) is 0 Å².